The average Bonchev–Trinajstić information content (AvgIpc) is 1.98. The van der Waals surface area contributed by atoms with Gasteiger partial charge in [-0.15, -0.1) is 6.58 Å². The average molecular weight is 203 g/mol. The normalized spacial score (nSPS) is 11.4. The lowest BCUT2D eigenvalue weighted by Gasteiger charge is -2.31. The second-order valence-electron chi connectivity index (χ2n) is 3.85. The van der Waals surface area contributed by atoms with Crippen molar-refractivity contribution in [3.63, 3.8) is 0 Å². The maximum atomic E-state index is 9.10. The number of hydrogen-bond donors (Lipinski definition) is 3. The van der Waals surface area contributed by atoms with Crippen LogP contribution in [0, 0.1) is 0 Å². The van der Waals surface area contributed by atoms with Gasteiger partial charge in [-0.05, 0) is 27.7 Å². The summed E-state index contributed by atoms with van der Waals surface area (Å²) in [6, 6.07) is 0. The summed E-state index contributed by atoms with van der Waals surface area (Å²) in [6.45, 7) is 10.0. The van der Waals surface area contributed by atoms with E-state index in [-0.39, 0.29) is 0 Å². The summed E-state index contributed by atoms with van der Waals surface area (Å²) in [6.07, 6.45) is 1.55. The Bertz CT molecular complexity index is 134. The van der Waals surface area contributed by atoms with E-state index < -0.39 is 11.2 Å². The number of aliphatic hydroxyl groups is 2. The molecule has 14 heavy (non-hydrogen) atoms. The van der Waals surface area contributed by atoms with Gasteiger partial charge in [0.15, 0.2) is 0 Å². The first-order valence-electron chi connectivity index (χ1n) is 4.30. The van der Waals surface area contributed by atoms with Crippen molar-refractivity contribution in [2.75, 3.05) is 6.61 Å². The Morgan fingerprint density at radius 2 is 1.57 bits per heavy atom. The number of rotatable bonds is 4. The summed E-state index contributed by atoms with van der Waals surface area (Å²) in [7, 11) is 0.641. The van der Waals surface area contributed by atoms with E-state index in [2.05, 4.69) is 11.2 Å². The van der Waals surface area contributed by atoms with Crippen LogP contribution in [-0.2, 0) is 4.65 Å². The molecule has 0 saturated carbocycles. The molecule has 0 aromatic rings. The van der Waals surface area contributed by atoms with Gasteiger partial charge in [0, 0.05) is 6.61 Å². The molecule has 0 unspecified atom stereocenters. The molecule has 0 amide bonds. The Labute approximate surface area is 86.5 Å². The molecule has 0 bridgehead atoms. The van der Waals surface area contributed by atoms with Crippen LogP contribution in [-0.4, -0.2) is 40.7 Å². The van der Waals surface area contributed by atoms with Gasteiger partial charge in [0.1, 0.15) is 0 Å². The molecule has 83 valence electrons. The highest BCUT2D eigenvalue weighted by molar-refractivity contribution is 6.15. The Morgan fingerprint density at radius 1 is 1.21 bits per heavy atom. The van der Waals surface area contributed by atoms with Gasteiger partial charge in [-0.3, -0.25) is 0 Å². The van der Waals surface area contributed by atoms with E-state index in [0.29, 0.717) is 14.3 Å². The highest BCUT2D eigenvalue weighted by Crippen LogP contribution is 2.19. The minimum absolute atomic E-state index is 0.372. The Hall–Kier alpha value is -0.355. The van der Waals surface area contributed by atoms with Gasteiger partial charge < -0.3 is 19.9 Å². The first-order chi connectivity index (χ1) is 6.16. The van der Waals surface area contributed by atoms with Crippen molar-refractivity contribution in [2.45, 2.75) is 38.9 Å². The fraction of sp³-hybridized carbons (Fsp3) is 0.778. The van der Waals surface area contributed by atoms with Gasteiger partial charge in [-0.25, -0.2) is 0 Å². The molecule has 0 aromatic heterocycles. The molecular weight excluding hydrogens is 183 g/mol. The van der Waals surface area contributed by atoms with Crippen LogP contribution in [0.4, 0.5) is 0 Å². The molecule has 0 fully saturated rings. The highest BCUT2D eigenvalue weighted by Gasteiger charge is 2.31. The standard InChI is InChI=1S/C6H14O2.C3H6BO2/c1-5(2,7)6(3,4)8;1-2-3-6-4-5/h7-8H,1-4H3;2,5H,1,3H2. The zero-order valence-corrected chi connectivity index (χ0v) is 9.32. The molecule has 0 aliphatic carbocycles. The monoisotopic (exact) mass is 203 g/mol. The van der Waals surface area contributed by atoms with Crippen molar-refractivity contribution in [1.82, 2.24) is 0 Å². The molecule has 3 N–H and O–H groups in total. The maximum absolute atomic E-state index is 9.10. The van der Waals surface area contributed by atoms with Crippen LogP contribution in [0.15, 0.2) is 12.7 Å². The van der Waals surface area contributed by atoms with Crippen molar-refractivity contribution in [1.29, 1.82) is 0 Å². The van der Waals surface area contributed by atoms with E-state index in [4.69, 9.17) is 15.2 Å². The minimum atomic E-state index is -1.01. The van der Waals surface area contributed by atoms with E-state index in [1.807, 2.05) is 0 Å². The zero-order valence-electron chi connectivity index (χ0n) is 9.32. The zero-order chi connectivity index (χ0) is 11.8. The van der Waals surface area contributed by atoms with Crippen LogP contribution in [0.1, 0.15) is 27.7 Å². The Kier molecular flexibility index (Phi) is 8.05. The molecule has 0 aromatic carbocycles. The lowest BCUT2D eigenvalue weighted by Crippen LogP contribution is -2.44. The molecule has 0 aliphatic heterocycles. The molecule has 0 spiro atoms. The SMILES string of the molecule is C=CCO[B]O.CC(C)(O)C(C)(C)O. The summed E-state index contributed by atoms with van der Waals surface area (Å²) in [5.74, 6) is 0. The fourth-order valence-corrected chi connectivity index (χ4v) is 0.111. The lowest BCUT2D eigenvalue weighted by atomic mass is 9.90. The summed E-state index contributed by atoms with van der Waals surface area (Å²) in [5.41, 5.74) is -2.01. The first-order valence-corrected chi connectivity index (χ1v) is 4.30. The van der Waals surface area contributed by atoms with Crippen LogP contribution in [0.2, 0.25) is 0 Å². The molecule has 0 heterocycles. The Balaban J connectivity index is 0. The molecule has 0 saturated heterocycles. The molecule has 0 rings (SSSR count). The number of hydrogen-bond acceptors (Lipinski definition) is 4. The predicted octanol–water partition coefficient (Wildman–Crippen LogP) is 0.244. The Morgan fingerprint density at radius 3 is 1.64 bits per heavy atom. The van der Waals surface area contributed by atoms with Crippen LogP contribution < -0.4 is 0 Å². The molecule has 0 aliphatic rings. The topological polar surface area (TPSA) is 69.9 Å². The van der Waals surface area contributed by atoms with Gasteiger partial charge >= 0.3 is 7.69 Å². The molecule has 4 nitrogen and oxygen atoms in total. The van der Waals surface area contributed by atoms with E-state index in [1.54, 1.807) is 33.8 Å². The quantitative estimate of drug-likeness (QED) is 0.348. The van der Waals surface area contributed by atoms with Crippen LogP contribution in [0.3, 0.4) is 0 Å². The van der Waals surface area contributed by atoms with E-state index in [1.165, 1.54) is 0 Å². The van der Waals surface area contributed by atoms with Gasteiger partial charge in [0.05, 0.1) is 11.2 Å². The molecule has 1 radical (unpaired) electrons. The lowest BCUT2D eigenvalue weighted by molar-refractivity contribution is -0.107. The van der Waals surface area contributed by atoms with Gasteiger partial charge in [-0.1, -0.05) is 6.08 Å². The highest BCUT2D eigenvalue weighted by atomic mass is 16.5. The molecule has 5 heteroatoms. The smallest absolute Gasteiger partial charge is 0.429 e. The van der Waals surface area contributed by atoms with Crippen molar-refractivity contribution >= 4 is 7.69 Å². The van der Waals surface area contributed by atoms with E-state index >= 15 is 0 Å². The van der Waals surface area contributed by atoms with Crippen LogP contribution in [0.5, 0.6) is 0 Å². The first kappa shape index (κ1) is 16.1. The largest absolute Gasteiger partial charge is 0.485 e. The van der Waals surface area contributed by atoms with Crippen molar-refractivity contribution < 1.29 is 19.9 Å². The third kappa shape index (κ3) is 9.73. The fourth-order valence-electron chi connectivity index (χ4n) is 0.111. The summed E-state index contributed by atoms with van der Waals surface area (Å²) in [5, 5.41) is 26.0. The second kappa shape index (κ2) is 7.01. The van der Waals surface area contributed by atoms with E-state index in [9.17, 15) is 0 Å². The minimum Gasteiger partial charge on any atom is -0.429 e. The summed E-state index contributed by atoms with van der Waals surface area (Å²) >= 11 is 0. The van der Waals surface area contributed by atoms with E-state index in [0.717, 1.165) is 0 Å². The van der Waals surface area contributed by atoms with Crippen LogP contribution >= 0.6 is 0 Å². The predicted molar refractivity (Wildman–Crippen MR) is 56.7 cm³/mol. The second-order valence-corrected chi connectivity index (χ2v) is 3.85. The van der Waals surface area contributed by atoms with Crippen LogP contribution in [0.25, 0.3) is 0 Å². The third-order valence-corrected chi connectivity index (χ3v) is 1.79. The van der Waals surface area contributed by atoms with Crippen molar-refractivity contribution in [3.8, 4) is 0 Å². The summed E-state index contributed by atoms with van der Waals surface area (Å²) < 4.78 is 4.30. The molecular formula is C9H20BO4. The van der Waals surface area contributed by atoms with Gasteiger partial charge in [0.2, 0.25) is 0 Å². The summed E-state index contributed by atoms with van der Waals surface area (Å²) in [4.78, 5) is 0. The third-order valence-electron chi connectivity index (χ3n) is 1.79. The van der Waals surface area contributed by atoms with Gasteiger partial charge in [0.25, 0.3) is 0 Å². The molecule has 0 atom stereocenters. The van der Waals surface area contributed by atoms with Crippen molar-refractivity contribution in [3.05, 3.63) is 12.7 Å². The van der Waals surface area contributed by atoms with Crippen molar-refractivity contribution in [2.24, 2.45) is 0 Å². The maximum Gasteiger partial charge on any atom is 0.485 e. The van der Waals surface area contributed by atoms with Gasteiger partial charge in [-0.2, -0.15) is 0 Å².